The fourth-order valence-electron chi connectivity index (χ4n) is 2.79. The third-order valence-corrected chi connectivity index (χ3v) is 3.77. The summed E-state index contributed by atoms with van der Waals surface area (Å²) < 4.78 is 5.25. The van der Waals surface area contributed by atoms with Gasteiger partial charge in [-0.25, -0.2) is 9.59 Å². The average molecular weight is 297 g/mol. The molecule has 118 valence electrons. The summed E-state index contributed by atoms with van der Waals surface area (Å²) in [6, 6.07) is -0.801. The van der Waals surface area contributed by atoms with Crippen molar-refractivity contribution in [1.29, 1.82) is 0 Å². The molecule has 7 heteroatoms. The van der Waals surface area contributed by atoms with Crippen LogP contribution >= 0.6 is 0 Å². The van der Waals surface area contributed by atoms with Crippen LogP contribution in [-0.2, 0) is 9.53 Å². The fourth-order valence-corrected chi connectivity index (χ4v) is 2.79. The van der Waals surface area contributed by atoms with Crippen molar-refractivity contribution in [3.05, 3.63) is 0 Å². The molecular formula is C14H23N3O4. The van der Waals surface area contributed by atoms with Crippen LogP contribution in [0.15, 0.2) is 0 Å². The molecule has 0 aromatic rings. The molecule has 0 bridgehead atoms. The highest BCUT2D eigenvalue weighted by Gasteiger charge is 2.43. The van der Waals surface area contributed by atoms with Crippen molar-refractivity contribution < 1.29 is 19.1 Å². The van der Waals surface area contributed by atoms with Crippen LogP contribution in [0.5, 0.6) is 0 Å². The molecule has 4 amide bonds. The second kappa shape index (κ2) is 5.54. The number of piperidine rings is 1. The lowest BCUT2D eigenvalue weighted by molar-refractivity contribution is -0.132. The molecule has 2 saturated heterocycles. The Labute approximate surface area is 124 Å². The van der Waals surface area contributed by atoms with Crippen LogP contribution in [0.2, 0.25) is 0 Å². The predicted octanol–water partition coefficient (Wildman–Crippen LogP) is 1.33. The van der Waals surface area contributed by atoms with Crippen LogP contribution in [0.4, 0.5) is 9.59 Å². The van der Waals surface area contributed by atoms with Crippen molar-refractivity contribution in [2.24, 2.45) is 0 Å². The number of urea groups is 1. The Hall–Kier alpha value is -1.79. The Morgan fingerprint density at radius 1 is 1.33 bits per heavy atom. The number of imide groups is 1. The van der Waals surface area contributed by atoms with E-state index in [0.717, 1.165) is 17.7 Å². The molecule has 2 heterocycles. The second-order valence-corrected chi connectivity index (χ2v) is 6.60. The molecule has 7 nitrogen and oxygen atoms in total. The third-order valence-electron chi connectivity index (χ3n) is 3.77. The molecule has 0 aromatic heterocycles. The van der Waals surface area contributed by atoms with E-state index in [9.17, 15) is 14.4 Å². The summed E-state index contributed by atoms with van der Waals surface area (Å²) >= 11 is 0. The smallest absolute Gasteiger partial charge is 0.407 e. The van der Waals surface area contributed by atoms with Gasteiger partial charge >= 0.3 is 12.1 Å². The first-order valence-corrected chi connectivity index (χ1v) is 7.26. The lowest BCUT2D eigenvalue weighted by Gasteiger charge is -2.45. The molecule has 0 aromatic carbocycles. The van der Waals surface area contributed by atoms with Crippen molar-refractivity contribution in [1.82, 2.24) is 15.1 Å². The summed E-state index contributed by atoms with van der Waals surface area (Å²) in [5.41, 5.74) is -0.573. The van der Waals surface area contributed by atoms with Gasteiger partial charge in [0.05, 0.1) is 12.1 Å². The van der Waals surface area contributed by atoms with Gasteiger partial charge in [0.1, 0.15) is 5.60 Å². The Kier molecular flexibility index (Phi) is 4.11. The highest BCUT2D eigenvalue weighted by Crippen LogP contribution is 2.26. The summed E-state index contributed by atoms with van der Waals surface area (Å²) in [5.74, 6) is -0.209. The highest BCUT2D eigenvalue weighted by atomic mass is 16.6. The van der Waals surface area contributed by atoms with E-state index in [1.54, 1.807) is 25.7 Å². The SMILES string of the molecule is CN1C(=O)CC2C(NC(=O)OC(C)(C)C)CCCN2C1=O. The van der Waals surface area contributed by atoms with Gasteiger partial charge < -0.3 is 15.0 Å². The van der Waals surface area contributed by atoms with E-state index < -0.39 is 11.7 Å². The minimum absolute atomic E-state index is 0.209. The summed E-state index contributed by atoms with van der Waals surface area (Å²) in [6.45, 7) is 6.00. The first-order chi connectivity index (χ1) is 9.69. The van der Waals surface area contributed by atoms with Crippen LogP contribution in [0, 0.1) is 0 Å². The third kappa shape index (κ3) is 3.46. The van der Waals surface area contributed by atoms with E-state index in [1.807, 2.05) is 0 Å². The van der Waals surface area contributed by atoms with Gasteiger partial charge in [-0.1, -0.05) is 0 Å². The topological polar surface area (TPSA) is 79.0 Å². The Balaban J connectivity index is 2.05. The second-order valence-electron chi connectivity index (χ2n) is 6.60. The molecule has 0 spiro atoms. The predicted molar refractivity (Wildman–Crippen MR) is 75.7 cm³/mol. The van der Waals surface area contributed by atoms with Crippen molar-refractivity contribution in [3.8, 4) is 0 Å². The maximum Gasteiger partial charge on any atom is 0.407 e. The zero-order chi connectivity index (χ0) is 15.8. The molecule has 2 fully saturated rings. The van der Waals surface area contributed by atoms with Crippen molar-refractivity contribution in [2.45, 2.75) is 57.7 Å². The molecule has 2 unspecified atom stereocenters. The lowest BCUT2D eigenvalue weighted by Crippen LogP contribution is -2.64. The quantitative estimate of drug-likeness (QED) is 0.792. The Morgan fingerprint density at radius 2 is 2.00 bits per heavy atom. The number of amides is 4. The maximum absolute atomic E-state index is 12.1. The van der Waals surface area contributed by atoms with Gasteiger partial charge in [-0.2, -0.15) is 0 Å². The van der Waals surface area contributed by atoms with Gasteiger partial charge in [-0.05, 0) is 33.6 Å². The summed E-state index contributed by atoms with van der Waals surface area (Å²) in [4.78, 5) is 38.7. The highest BCUT2D eigenvalue weighted by molar-refractivity contribution is 5.97. The van der Waals surface area contributed by atoms with E-state index in [0.29, 0.717) is 6.54 Å². The molecule has 0 aliphatic carbocycles. The molecule has 0 saturated carbocycles. The molecule has 2 rings (SSSR count). The van der Waals surface area contributed by atoms with E-state index >= 15 is 0 Å². The molecule has 21 heavy (non-hydrogen) atoms. The van der Waals surface area contributed by atoms with Crippen LogP contribution < -0.4 is 5.32 Å². The van der Waals surface area contributed by atoms with Crippen molar-refractivity contribution in [2.75, 3.05) is 13.6 Å². The van der Waals surface area contributed by atoms with Gasteiger partial charge in [0.2, 0.25) is 5.91 Å². The number of nitrogens with one attached hydrogen (secondary N) is 1. The molecule has 1 N–H and O–H groups in total. The summed E-state index contributed by atoms with van der Waals surface area (Å²) in [5, 5.41) is 2.80. The van der Waals surface area contributed by atoms with Crippen LogP contribution in [0.25, 0.3) is 0 Å². The molecule has 2 aliphatic heterocycles. The van der Waals surface area contributed by atoms with Gasteiger partial charge in [0, 0.05) is 20.0 Å². The molecular weight excluding hydrogens is 274 g/mol. The van der Waals surface area contributed by atoms with Crippen molar-refractivity contribution in [3.63, 3.8) is 0 Å². The number of ether oxygens (including phenoxy) is 1. The molecule has 2 atom stereocenters. The fraction of sp³-hybridized carbons (Fsp3) is 0.786. The number of hydrogen-bond donors (Lipinski definition) is 1. The molecule has 0 radical (unpaired) electrons. The average Bonchev–Trinajstić information content (AvgIpc) is 2.35. The zero-order valence-electron chi connectivity index (χ0n) is 13.0. The Morgan fingerprint density at radius 3 is 2.62 bits per heavy atom. The minimum Gasteiger partial charge on any atom is -0.444 e. The largest absolute Gasteiger partial charge is 0.444 e. The molecule has 2 aliphatic rings. The zero-order valence-corrected chi connectivity index (χ0v) is 13.0. The monoisotopic (exact) mass is 297 g/mol. The van der Waals surface area contributed by atoms with Crippen LogP contribution in [0.3, 0.4) is 0 Å². The van der Waals surface area contributed by atoms with Gasteiger partial charge in [-0.3, -0.25) is 9.69 Å². The number of fused-ring (bicyclic) bond motifs is 1. The first-order valence-electron chi connectivity index (χ1n) is 7.26. The summed E-state index contributed by atoms with van der Waals surface area (Å²) in [7, 11) is 1.49. The first kappa shape index (κ1) is 15.6. The summed E-state index contributed by atoms with van der Waals surface area (Å²) in [6.07, 6.45) is 1.27. The number of hydrogen-bond acceptors (Lipinski definition) is 4. The number of nitrogens with zero attached hydrogens (tertiary/aromatic N) is 2. The van der Waals surface area contributed by atoms with E-state index in [1.165, 1.54) is 7.05 Å². The number of alkyl carbamates (subject to hydrolysis) is 1. The van der Waals surface area contributed by atoms with Crippen LogP contribution in [0.1, 0.15) is 40.0 Å². The normalized spacial score (nSPS) is 26.5. The Bertz CT molecular complexity index is 458. The standard InChI is InChI=1S/C14H23N3O4/c1-14(2,3)21-12(19)15-9-6-5-7-17-10(9)8-11(18)16(4)13(17)20/h9-10H,5-8H2,1-4H3,(H,15,19). The maximum atomic E-state index is 12.1. The lowest BCUT2D eigenvalue weighted by atomic mass is 9.92. The van der Waals surface area contributed by atoms with E-state index in [-0.39, 0.29) is 30.4 Å². The van der Waals surface area contributed by atoms with Crippen LogP contribution in [-0.4, -0.2) is 59.1 Å². The number of carbonyl (C=O) groups excluding carboxylic acids is 3. The van der Waals surface area contributed by atoms with Gasteiger partial charge in [-0.15, -0.1) is 0 Å². The van der Waals surface area contributed by atoms with Gasteiger partial charge in [0.25, 0.3) is 0 Å². The van der Waals surface area contributed by atoms with Crippen molar-refractivity contribution >= 4 is 18.0 Å². The number of rotatable bonds is 1. The van der Waals surface area contributed by atoms with E-state index in [2.05, 4.69) is 5.32 Å². The van der Waals surface area contributed by atoms with Gasteiger partial charge in [0.15, 0.2) is 0 Å². The van der Waals surface area contributed by atoms with E-state index in [4.69, 9.17) is 4.74 Å². The number of carbonyl (C=O) groups is 3. The minimum atomic E-state index is -0.573.